The Labute approximate surface area is 151 Å². The van der Waals surface area contributed by atoms with E-state index in [9.17, 15) is 8.42 Å². The van der Waals surface area contributed by atoms with E-state index >= 15 is 0 Å². The molecular formula is C13H21BrCl2N2O3S. The molecule has 0 radical (unpaired) electrons. The van der Waals surface area contributed by atoms with Gasteiger partial charge < -0.3 is 10.5 Å². The molecule has 0 aliphatic heterocycles. The lowest BCUT2D eigenvalue weighted by molar-refractivity contribution is 0.387. The second kappa shape index (κ2) is 8.70. The highest BCUT2D eigenvalue weighted by Crippen LogP contribution is 2.35. The van der Waals surface area contributed by atoms with Gasteiger partial charge in [-0.3, -0.25) is 0 Å². The Hall–Kier alpha value is -0.0500. The lowest BCUT2D eigenvalue weighted by Crippen LogP contribution is -2.49. The second-order valence-corrected chi connectivity index (χ2v) is 7.84. The first kappa shape index (κ1) is 21.9. The first-order valence-electron chi connectivity index (χ1n) is 6.50. The van der Waals surface area contributed by atoms with Crippen molar-refractivity contribution in [1.29, 1.82) is 0 Å². The monoisotopic (exact) mass is 434 g/mol. The Balaban J connectivity index is 0.00000441. The van der Waals surface area contributed by atoms with Crippen LogP contribution < -0.4 is 15.2 Å². The summed E-state index contributed by atoms with van der Waals surface area (Å²) in [7, 11) is -2.37. The number of hydrogen-bond acceptors (Lipinski definition) is 4. The number of sulfonamides is 1. The molecule has 0 bridgehead atoms. The maximum absolute atomic E-state index is 12.5. The van der Waals surface area contributed by atoms with Crippen molar-refractivity contribution in [2.24, 2.45) is 5.73 Å². The van der Waals surface area contributed by atoms with Crippen LogP contribution in [0.4, 0.5) is 0 Å². The van der Waals surface area contributed by atoms with Crippen molar-refractivity contribution < 1.29 is 13.2 Å². The van der Waals surface area contributed by atoms with E-state index in [0.29, 0.717) is 22.3 Å². The molecule has 0 amide bonds. The molecule has 0 aromatic heterocycles. The average molecular weight is 436 g/mol. The second-order valence-electron chi connectivity index (χ2n) is 4.81. The van der Waals surface area contributed by atoms with Crippen LogP contribution in [0.3, 0.4) is 0 Å². The molecule has 0 aliphatic rings. The van der Waals surface area contributed by atoms with Crippen LogP contribution in [0.2, 0.25) is 5.02 Å². The van der Waals surface area contributed by atoms with Gasteiger partial charge in [0.2, 0.25) is 10.0 Å². The van der Waals surface area contributed by atoms with Crippen molar-refractivity contribution in [1.82, 2.24) is 4.72 Å². The molecule has 0 unspecified atom stereocenters. The van der Waals surface area contributed by atoms with Crippen LogP contribution in [-0.4, -0.2) is 27.6 Å². The fourth-order valence-corrected chi connectivity index (χ4v) is 4.27. The van der Waals surface area contributed by atoms with Crippen molar-refractivity contribution in [2.75, 3.05) is 13.7 Å². The largest absolute Gasteiger partial charge is 0.494 e. The van der Waals surface area contributed by atoms with Crippen molar-refractivity contribution in [3.8, 4) is 5.75 Å². The molecule has 0 saturated carbocycles. The minimum Gasteiger partial charge on any atom is -0.494 e. The number of ether oxygens (including phenoxy) is 1. The number of nitrogens with one attached hydrogen (secondary N) is 1. The van der Waals surface area contributed by atoms with Gasteiger partial charge in [0.15, 0.2) is 5.75 Å². The van der Waals surface area contributed by atoms with Crippen LogP contribution in [0.15, 0.2) is 21.5 Å². The van der Waals surface area contributed by atoms with Crippen LogP contribution in [0.25, 0.3) is 0 Å². The summed E-state index contributed by atoms with van der Waals surface area (Å²) >= 11 is 9.17. The molecule has 1 rings (SSSR count). The van der Waals surface area contributed by atoms with E-state index in [4.69, 9.17) is 22.1 Å². The highest BCUT2D eigenvalue weighted by molar-refractivity contribution is 9.10. The number of benzene rings is 1. The third-order valence-electron chi connectivity index (χ3n) is 3.49. The molecule has 0 spiro atoms. The van der Waals surface area contributed by atoms with E-state index in [1.54, 1.807) is 6.07 Å². The zero-order chi connectivity index (χ0) is 16.3. The predicted molar refractivity (Wildman–Crippen MR) is 95.6 cm³/mol. The lowest BCUT2D eigenvalue weighted by Gasteiger charge is -2.27. The molecule has 5 nitrogen and oxygen atoms in total. The van der Waals surface area contributed by atoms with Gasteiger partial charge in [-0.25, -0.2) is 13.1 Å². The van der Waals surface area contributed by atoms with Crippen LogP contribution >= 0.6 is 39.9 Å². The fraction of sp³-hybridized carbons (Fsp3) is 0.538. The summed E-state index contributed by atoms with van der Waals surface area (Å²) < 4.78 is 33.1. The topological polar surface area (TPSA) is 81.4 Å². The third kappa shape index (κ3) is 5.25. The van der Waals surface area contributed by atoms with Gasteiger partial charge in [-0.2, -0.15) is 0 Å². The van der Waals surface area contributed by atoms with Crippen LogP contribution in [0.1, 0.15) is 26.7 Å². The van der Waals surface area contributed by atoms with Gasteiger partial charge in [-0.05, 0) is 40.9 Å². The first-order valence-corrected chi connectivity index (χ1v) is 9.16. The van der Waals surface area contributed by atoms with Crippen molar-refractivity contribution in [3.63, 3.8) is 0 Å². The summed E-state index contributed by atoms with van der Waals surface area (Å²) in [5.41, 5.74) is 5.55. The van der Waals surface area contributed by atoms with Gasteiger partial charge >= 0.3 is 0 Å². The standard InChI is InChI=1S/C13H20BrClN2O3S.ClH/c1-4-13(16,5-2)8-17-21(18,19)11-7-9(15)6-10(14)12(11)20-3;/h6-7,17H,4-5,8,16H2,1-3H3;1H. The zero-order valence-electron chi connectivity index (χ0n) is 12.7. The molecule has 0 saturated heterocycles. The Morgan fingerprint density at radius 2 is 1.91 bits per heavy atom. The molecule has 1 aromatic carbocycles. The normalized spacial score (nSPS) is 11.9. The smallest absolute Gasteiger partial charge is 0.244 e. The Morgan fingerprint density at radius 1 is 1.36 bits per heavy atom. The van der Waals surface area contributed by atoms with Gasteiger partial charge in [0, 0.05) is 17.1 Å². The molecule has 22 heavy (non-hydrogen) atoms. The SMILES string of the molecule is CCC(N)(CC)CNS(=O)(=O)c1cc(Cl)cc(Br)c1OC.Cl. The number of hydrogen-bond donors (Lipinski definition) is 2. The molecule has 0 heterocycles. The Kier molecular flexibility index (Phi) is 8.68. The summed E-state index contributed by atoms with van der Waals surface area (Å²) in [6, 6.07) is 2.92. The summed E-state index contributed by atoms with van der Waals surface area (Å²) in [6.45, 7) is 4.00. The molecule has 0 aliphatic carbocycles. The van der Waals surface area contributed by atoms with Gasteiger partial charge in [-0.1, -0.05) is 25.4 Å². The molecule has 3 N–H and O–H groups in total. The molecule has 9 heteroatoms. The highest BCUT2D eigenvalue weighted by atomic mass is 79.9. The zero-order valence-corrected chi connectivity index (χ0v) is 16.6. The number of nitrogens with two attached hydrogens (primary N) is 1. The maximum Gasteiger partial charge on any atom is 0.244 e. The molecule has 1 aromatic rings. The third-order valence-corrected chi connectivity index (χ3v) is 5.70. The Bertz CT molecular complexity index is 608. The van der Waals surface area contributed by atoms with Crippen LogP contribution in [-0.2, 0) is 10.0 Å². The van der Waals surface area contributed by atoms with Crippen molar-refractivity contribution in [2.45, 2.75) is 37.1 Å². The summed E-state index contributed by atoms with van der Waals surface area (Å²) in [5.74, 6) is 0.211. The minimum absolute atomic E-state index is 0. The number of halogens is 3. The van der Waals surface area contributed by atoms with Crippen molar-refractivity contribution in [3.05, 3.63) is 21.6 Å². The Morgan fingerprint density at radius 3 is 2.36 bits per heavy atom. The maximum atomic E-state index is 12.5. The van der Waals surface area contributed by atoms with Gasteiger partial charge in [0.25, 0.3) is 0 Å². The van der Waals surface area contributed by atoms with Crippen molar-refractivity contribution >= 4 is 50.0 Å². The van der Waals surface area contributed by atoms with E-state index in [1.165, 1.54) is 13.2 Å². The van der Waals surface area contributed by atoms with Crippen LogP contribution in [0, 0.1) is 0 Å². The van der Waals surface area contributed by atoms with Gasteiger partial charge in [-0.15, -0.1) is 12.4 Å². The first-order chi connectivity index (χ1) is 9.69. The van der Waals surface area contributed by atoms with E-state index in [2.05, 4.69) is 20.7 Å². The molecular weight excluding hydrogens is 415 g/mol. The van der Waals surface area contributed by atoms with E-state index in [1.807, 2.05) is 13.8 Å². The van der Waals surface area contributed by atoms with Gasteiger partial charge in [0.1, 0.15) is 4.90 Å². The van der Waals surface area contributed by atoms with Crippen LogP contribution in [0.5, 0.6) is 5.75 Å². The number of rotatable bonds is 7. The molecule has 128 valence electrons. The van der Waals surface area contributed by atoms with E-state index in [-0.39, 0.29) is 29.6 Å². The summed E-state index contributed by atoms with van der Waals surface area (Å²) in [5, 5.41) is 0.299. The predicted octanol–water partition coefficient (Wildman–Crippen LogP) is 3.33. The number of methoxy groups -OCH3 is 1. The molecule has 0 fully saturated rings. The highest BCUT2D eigenvalue weighted by Gasteiger charge is 2.27. The average Bonchev–Trinajstić information content (AvgIpc) is 2.44. The fourth-order valence-electron chi connectivity index (χ4n) is 1.75. The van der Waals surface area contributed by atoms with E-state index < -0.39 is 15.6 Å². The summed E-state index contributed by atoms with van der Waals surface area (Å²) in [6.07, 6.45) is 1.34. The molecule has 0 atom stereocenters. The lowest BCUT2D eigenvalue weighted by atomic mass is 9.95. The van der Waals surface area contributed by atoms with Gasteiger partial charge in [0.05, 0.1) is 11.6 Å². The van der Waals surface area contributed by atoms with E-state index in [0.717, 1.165) is 0 Å². The minimum atomic E-state index is -3.77. The quantitative estimate of drug-likeness (QED) is 0.688. The summed E-state index contributed by atoms with van der Waals surface area (Å²) in [4.78, 5) is -0.0149.